The molecule has 5 nitrogen and oxygen atoms in total. The number of nitrogens with one attached hydrogen (secondary N) is 3. The first kappa shape index (κ1) is 26.5. The maximum Gasteiger partial charge on any atom is 0.416 e. The molecule has 0 spiro atoms. The highest BCUT2D eigenvalue weighted by Gasteiger charge is 2.30. The zero-order chi connectivity index (χ0) is 27.0. The van der Waals surface area contributed by atoms with Crippen molar-refractivity contribution in [2.45, 2.75) is 24.7 Å². The molecule has 0 aromatic heterocycles. The highest BCUT2D eigenvalue weighted by molar-refractivity contribution is 5.89. The fraction of sp³-hybridized carbons (Fsp3) is 0.133. The number of hydrogen-bond donors (Lipinski definition) is 3. The summed E-state index contributed by atoms with van der Waals surface area (Å²) in [5.74, 6) is -0.226. The van der Waals surface area contributed by atoms with Gasteiger partial charge in [-0.05, 0) is 41.0 Å². The fourth-order valence-electron chi connectivity index (χ4n) is 4.10. The van der Waals surface area contributed by atoms with Gasteiger partial charge in [0.25, 0.3) is 0 Å². The lowest BCUT2D eigenvalue weighted by atomic mass is 9.93. The third-order valence-electron chi connectivity index (χ3n) is 5.93. The van der Waals surface area contributed by atoms with Crippen molar-refractivity contribution in [3.63, 3.8) is 0 Å². The molecule has 0 aliphatic carbocycles. The summed E-state index contributed by atoms with van der Waals surface area (Å²) < 4.78 is 38.7. The molecular formula is C30H26F3N3O2. The summed E-state index contributed by atoms with van der Waals surface area (Å²) in [7, 11) is 0. The first-order valence-electron chi connectivity index (χ1n) is 12.0. The summed E-state index contributed by atoms with van der Waals surface area (Å²) in [6.45, 7) is 0. The fourth-order valence-corrected chi connectivity index (χ4v) is 4.10. The molecule has 0 saturated heterocycles. The van der Waals surface area contributed by atoms with Crippen molar-refractivity contribution in [2.24, 2.45) is 0 Å². The summed E-state index contributed by atoms with van der Waals surface area (Å²) >= 11 is 0. The number of rotatable bonds is 8. The molecule has 3 N–H and O–H groups in total. The van der Waals surface area contributed by atoms with Gasteiger partial charge in [0.05, 0.1) is 24.1 Å². The Morgan fingerprint density at radius 1 is 0.632 bits per heavy atom. The zero-order valence-electron chi connectivity index (χ0n) is 20.3. The summed E-state index contributed by atoms with van der Waals surface area (Å²) in [5, 5.41) is 8.56. The van der Waals surface area contributed by atoms with Gasteiger partial charge in [-0.1, -0.05) is 91.0 Å². The minimum absolute atomic E-state index is 0.156. The molecule has 0 saturated carbocycles. The Labute approximate surface area is 218 Å². The second kappa shape index (κ2) is 12.1. The van der Waals surface area contributed by atoms with E-state index in [0.29, 0.717) is 0 Å². The smallest absolute Gasteiger partial charge is 0.347 e. The van der Waals surface area contributed by atoms with Crippen LogP contribution in [-0.2, 0) is 17.4 Å². The molecule has 0 unspecified atom stereocenters. The minimum atomic E-state index is -4.47. The Morgan fingerprint density at radius 2 is 1.11 bits per heavy atom. The number of carbonyl (C=O) groups is 2. The number of alkyl halides is 3. The van der Waals surface area contributed by atoms with Crippen LogP contribution in [0.1, 0.15) is 34.3 Å². The largest absolute Gasteiger partial charge is 0.416 e. The van der Waals surface area contributed by atoms with Gasteiger partial charge in [-0.2, -0.15) is 13.2 Å². The SMILES string of the molecule is O=C(Cc1ccccc1)N[C@@H](c1ccccc1)[C@H](NC(=O)Nc1ccc(C(F)(F)F)cc1)c1ccccc1. The van der Waals surface area contributed by atoms with Gasteiger partial charge in [0.1, 0.15) is 0 Å². The van der Waals surface area contributed by atoms with E-state index in [9.17, 15) is 22.8 Å². The minimum Gasteiger partial charge on any atom is -0.347 e. The van der Waals surface area contributed by atoms with E-state index in [1.54, 1.807) is 0 Å². The van der Waals surface area contributed by atoms with Crippen molar-refractivity contribution in [2.75, 3.05) is 5.32 Å². The Morgan fingerprint density at radius 3 is 1.61 bits per heavy atom. The van der Waals surface area contributed by atoms with Gasteiger partial charge in [0, 0.05) is 5.69 Å². The van der Waals surface area contributed by atoms with Crippen LogP contribution in [0, 0.1) is 0 Å². The summed E-state index contributed by atoms with van der Waals surface area (Å²) in [4.78, 5) is 26.1. The molecule has 4 rings (SSSR count). The van der Waals surface area contributed by atoms with Crippen LogP contribution < -0.4 is 16.0 Å². The second-order valence-corrected chi connectivity index (χ2v) is 8.68. The lowest BCUT2D eigenvalue weighted by Gasteiger charge is -2.30. The third kappa shape index (κ3) is 7.22. The van der Waals surface area contributed by atoms with Crippen LogP contribution in [0.3, 0.4) is 0 Å². The molecule has 38 heavy (non-hydrogen) atoms. The Bertz CT molecular complexity index is 1330. The number of halogens is 3. The number of benzene rings is 4. The van der Waals surface area contributed by atoms with E-state index >= 15 is 0 Å². The lowest BCUT2D eigenvalue weighted by molar-refractivity contribution is -0.137. The van der Waals surface area contributed by atoms with E-state index in [4.69, 9.17) is 0 Å². The van der Waals surface area contributed by atoms with E-state index in [1.807, 2.05) is 91.0 Å². The summed E-state index contributed by atoms with van der Waals surface area (Å²) in [6, 6.07) is 30.0. The van der Waals surface area contributed by atoms with Gasteiger partial charge in [-0.3, -0.25) is 4.79 Å². The van der Waals surface area contributed by atoms with E-state index in [0.717, 1.165) is 28.8 Å². The lowest BCUT2D eigenvalue weighted by Crippen LogP contribution is -2.42. The standard InChI is InChI=1S/C30H26F3N3O2/c31-30(32,33)24-16-18-25(19-17-24)34-29(38)36-28(23-14-8-3-9-15-23)27(22-12-6-2-7-13-22)35-26(37)20-21-10-4-1-5-11-21/h1-19,27-28H,20H2,(H,35,37)(H2,34,36,38)/t27-,28+/m0/s1. The molecule has 4 aromatic rings. The molecule has 2 atom stereocenters. The van der Waals surface area contributed by atoms with Gasteiger partial charge in [-0.15, -0.1) is 0 Å². The van der Waals surface area contributed by atoms with Crippen molar-refractivity contribution >= 4 is 17.6 Å². The van der Waals surface area contributed by atoms with Gasteiger partial charge >= 0.3 is 12.2 Å². The maximum absolute atomic E-state index is 13.1. The zero-order valence-corrected chi connectivity index (χ0v) is 20.3. The van der Waals surface area contributed by atoms with Crippen LogP contribution in [0.25, 0.3) is 0 Å². The third-order valence-corrected chi connectivity index (χ3v) is 5.93. The summed E-state index contributed by atoms with van der Waals surface area (Å²) in [6.07, 6.45) is -4.32. The number of anilines is 1. The number of urea groups is 1. The van der Waals surface area contributed by atoms with Crippen LogP contribution in [0.2, 0.25) is 0 Å². The molecular weight excluding hydrogens is 491 g/mol. The van der Waals surface area contributed by atoms with Crippen molar-refractivity contribution < 1.29 is 22.8 Å². The summed E-state index contributed by atoms with van der Waals surface area (Å²) in [5.41, 5.74) is 1.75. The van der Waals surface area contributed by atoms with Crippen molar-refractivity contribution in [1.82, 2.24) is 10.6 Å². The van der Waals surface area contributed by atoms with E-state index in [-0.39, 0.29) is 18.0 Å². The number of carbonyl (C=O) groups excluding carboxylic acids is 2. The normalized spacial score (nSPS) is 12.7. The predicted molar refractivity (Wildman–Crippen MR) is 140 cm³/mol. The average Bonchev–Trinajstić information content (AvgIpc) is 2.92. The van der Waals surface area contributed by atoms with Gasteiger partial charge < -0.3 is 16.0 Å². The molecule has 4 aromatic carbocycles. The molecule has 0 radical (unpaired) electrons. The maximum atomic E-state index is 13.1. The van der Waals surface area contributed by atoms with Crippen LogP contribution in [0.5, 0.6) is 0 Å². The quantitative estimate of drug-likeness (QED) is 0.244. The molecule has 0 aliphatic rings. The van der Waals surface area contributed by atoms with Crippen molar-refractivity contribution in [3.8, 4) is 0 Å². The second-order valence-electron chi connectivity index (χ2n) is 8.68. The van der Waals surface area contributed by atoms with Crippen LogP contribution in [-0.4, -0.2) is 11.9 Å². The molecule has 3 amide bonds. The van der Waals surface area contributed by atoms with Crippen LogP contribution >= 0.6 is 0 Å². The molecule has 0 heterocycles. The molecule has 0 bridgehead atoms. The van der Waals surface area contributed by atoms with E-state index in [1.165, 1.54) is 12.1 Å². The number of amides is 3. The predicted octanol–water partition coefficient (Wildman–Crippen LogP) is 6.67. The first-order chi connectivity index (χ1) is 18.3. The average molecular weight is 518 g/mol. The van der Waals surface area contributed by atoms with Crippen molar-refractivity contribution in [3.05, 3.63) is 138 Å². The van der Waals surface area contributed by atoms with E-state index < -0.39 is 29.9 Å². The van der Waals surface area contributed by atoms with E-state index in [2.05, 4.69) is 16.0 Å². The Balaban J connectivity index is 1.59. The molecule has 194 valence electrons. The highest BCUT2D eigenvalue weighted by Crippen LogP contribution is 2.31. The van der Waals surface area contributed by atoms with Gasteiger partial charge in [0.2, 0.25) is 5.91 Å². The van der Waals surface area contributed by atoms with Gasteiger partial charge in [0.15, 0.2) is 0 Å². The molecule has 0 fully saturated rings. The number of hydrogen-bond acceptors (Lipinski definition) is 2. The highest BCUT2D eigenvalue weighted by atomic mass is 19.4. The topological polar surface area (TPSA) is 70.2 Å². The van der Waals surface area contributed by atoms with Crippen LogP contribution in [0.4, 0.5) is 23.7 Å². The van der Waals surface area contributed by atoms with Crippen molar-refractivity contribution in [1.29, 1.82) is 0 Å². The van der Waals surface area contributed by atoms with Gasteiger partial charge in [-0.25, -0.2) is 4.79 Å². The monoisotopic (exact) mass is 517 g/mol. The Hall–Kier alpha value is -4.59. The molecule has 8 heteroatoms. The molecule has 0 aliphatic heterocycles. The Kier molecular flexibility index (Phi) is 8.43. The first-order valence-corrected chi connectivity index (χ1v) is 12.0. The van der Waals surface area contributed by atoms with Crippen LogP contribution in [0.15, 0.2) is 115 Å².